The molecule has 2 aromatic rings. The standard InChI is InChI=1S/C28H38ClN7O.C2H4O/c1-6-19-14-33(5)8-9-35(19)27-24(25-21(13-30)22(31)10-17(3)26(25)29)18(4)36(32-27)20-11-28(12-20)15-34(16-28)23(37)7-2;1-2-3/h7,10,13,19-20,30H,2,6,8-9,11-12,14-16,31H2,1,3-5H3;2H,1H3. The van der Waals surface area contributed by atoms with Crippen molar-refractivity contribution >= 4 is 41.5 Å². The summed E-state index contributed by atoms with van der Waals surface area (Å²) >= 11 is 6.96. The van der Waals surface area contributed by atoms with Gasteiger partial charge in [-0.2, -0.15) is 5.10 Å². The molecule has 1 aromatic heterocycles. The third kappa shape index (κ3) is 5.17. The van der Waals surface area contributed by atoms with Crippen molar-refractivity contribution in [2.24, 2.45) is 5.41 Å². The number of hydrogen-bond acceptors (Lipinski definition) is 7. The molecular formula is C30H42ClN7O2. The lowest BCUT2D eigenvalue weighted by Crippen LogP contribution is -2.63. The fraction of sp³-hybridized carbons (Fsp3) is 0.533. The molecule has 3 aliphatic rings. The Morgan fingerprint density at radius 1 is 1.27 bits per heavy atom. The fourth-order valence-electron chi connectivity index (χ4n) is 6.65. The number of aryl methyl sites for hydroxylation is 1. The smallest absolute Gasteiger partial charge is 0.245 e. The summed E-state index contributed by atoms with van der Waals surface area (Å²) in [6.07, 6.45) is 6.47. The number of nitrogens with zero attached hydrogens (tertiary/aromatic N) is 5. The first-order valence-corrected chi connectivity index (χ1v) is 14.4. The number of piperazine rings is 1. The minimum absolute atomic E-state index is 0.0143. The van der Waals surface area contributed by atoms with Gasteiger partial charge in [-0.15, -0.1) is 0 Å². The van der Waals surface area contributed by atoms with E-state index in [1.807, 2.05) is 17.9 Å². The van der Waals surface area contributed by atoms with Gasteiger partial charge in [-0.1, -0.05) is 25.1 Å². The molecule has 3 N–H and O–H groups in total. The highest BCUT2D eigenvalue weighted by atomic mass is 35.5. The van der Waals surface area contributed by atoms with Crippen molar-refractivity contribution < 1.29 is 9.59 Å². The van der Waals surface area contributed by atoms with Crippen molar-refractivity contribution in [3.8, 4) is 11.1 Å². The molecule has 1 amide bonds. The van der Waals surface area contributed by atoms with E-state index in [9.17, 15) is 4.79 Å². The van der Waals surface area contributed by atoms with Crippen LogP contribution in [0, 0.1) is 24.7 Å². The number of benzene rings is 1. The van der Waals surface area contributed by atoms with Crippen LogP contribution in [0.3, 0.4) is 0 Å². The number of hydrogen-bond donors (Lipinski definition) is 2. The number of likely N-dealkylation sites (N-methyl/N-ethyl adjacent to an activating group) is 1. The summed E-state index contributed by atoms with van der Waals surface area (Å²) < 4.78 is 2.18. The van der Waals surface area contributed by atoms with E-state index in [1.165, 1.54) is 19.2 Å². The van der Waals surface area contributed by atoms with Gasteiger partial charge in [0.15, 0.2) is 5.82 Å². The van der Waals surface area contributed by atoms with Crippen LogP contribution in [0.25, 0.3) is 11.1 Å². The number of likely N-dealkylation sites (tertiary alicyclic amines) is 1. The number of anilines is 2. The molecule has 9 nitrogen and oxygen atoms in total. The summed E-state index contributed by atoms with van der Waals surface area (Å²) in [7, 11) is 2.17. The Balaban J connectivity index is 0.00000118. The van der Waals surface area contributed by atoms with Crippen LogP contribution < -0.4 is 10.6 Å². The average molecular weight is 568 g/mol. The lowest BCUT2D eigenvalue weighted by Gasteiger charge is -2.58. The highest BCUT2D eigenvalue weighted by Crippen LogP contribution is 2.55. The Kier molecular flexibility index (Phi) is 8.75. The number of nitrogens with two attached hydrogens (primary N) is 1. The van der Waals surface area contributed by atoms with Gasteiger partial charge in [-0.3, -0.25) is 9.48 Å². The topological polar surface area (TPSA) is 112 Å². The first-order chi connectivity index (χ1) is 19.0. The van der Waals surface area contributed by atoms with Crippen molar-refractivity contribution in [2.75, 3.05) is 50.4 Å². The summed E-state index contributed by atoms with van der Waals surface area (Å²) in [6, 6.07) is 2.45. The van der Waals surface area contributed by atoms with Crippen LogP contribution in [-0.4, -0.2) is 83.8 Å². The minimum Gasteiger partial charge on any atom is -0.398 e. The normalized spacial score (nSPS) is 20.3. The monoisotopic (exact) mass is 567 g/mol. The second-order valence-electron chi connectivity index (χ2n) is 11.5. The maximum atomic E-state index is 12.0. The number of nitrogens with one attached hydrogen (secondary N) is 1. The number of aldehydes is 1. The van der Waals surface area contributed by atoms with E-state index < -0.39 is 0 Å². The van der Waals surface area contributed by atoms with Crippen LogP contribution in [-0.2, 0) is 9.59 Å². The van der Waals surface area contributed by atoms with Crippen molar-refractivity contribution in [1.29, 1.82) is 5.41 Å². The predicted octanol–water partition coefficient (Wildman–Crippen LogP) is 4.49. The third-order valence-corrected chi connectivity index (χ3v) is 9.18. The van der Waals surface area contributed by atoms with Crippen molar-refractivity contribution in [1.82, 2.24) is 19.6 Å². The van der Waals surface area contributed by atoms with E-state index in [4.69, 9.17) is 32.6 Å². The van der Waals surface area contributed by atoms with E-state index in [0.717, 1.165) is 86.5 Å². The molecule has 3 fully saturated rings. The van der Waals surface area contributed by atoms with E-state index >= 15 is 0 Å². The maximum Gasteiger partial charge on any atom is 0.245 e. The zero-order chi connectivity index (χ0) is 29.4. The van der Waals surface area contributed by atoms with Crippen molar-refractivity contribution in [3.63, 3.8) is 0 Å². The van der Waals surface area contributed by atoms with Crippen LogP contribution >= 0.6 is 11.6 Å². The largest absolute Gasteiger partial charge is 0.398 e. The highest BCUT2D eigenvalue weighted by molar-refractivity contribution is 6.35. The lowest BCUT2D eigenvalue weighted by atomic mass is 9.60. The number of rotatable bonds is 6. The highest BCUT2D eigenvalue weighted by Gasteiger charge is 2.54. The van der Waals surface area contributed by atoms with Crippen LogP contribution in [0.15, 0.2) is 18.7 Å². The van der Waals surface area contributed by atoms with Crippen LogP contribution in [0.5, 0.6) is 0 Å². The van der Waals surface area contributed by atoms with Crippen molar-refractivity contribution in [2.45, 2.75) is 59.0 Å². The SMILES string of the molecule is C=CC(=O)N1CC2(CC(n3nc(N4CCN(C)CC4CC)c(-c4c(Cl)c(C)cc(N)c4C=N)c3C)C2)C1.CC=O. The van der Waals surface area contributed by atoms with Crippen LogP contribution in [0.2, 0.25) is 5.02 Å². The van der Waals surface area contributed by atoms with Gasteiger partial charge in [0.1, 0.15) is 6.29 Å². The van der Waals surface area contributed by atoms with E-state index in [0.29, 0.717) is 22.3 Å². The molecule has 3 heterocycles. The van der Waals surface area contributed by atoms with Gasteiger partial charge in [0.25, 0.3) is 0 Å². The van der Waals surface area contributed by atoms with Gasteiger partial charge in [-0.25, -0.2) is 0 Å². The molecule has 2 aliphatic heterocycles. The molecule has 1 aromatic carbocycles. The zero-order valence-electron chi connectivity index (χ0n) is 24.3. The number of aromatic nitrogens is 2. The molecule has 5 rings (SSSR count). The van der Waals surface area contributed by atoms with Gasteiger partial charge in [-0.05, 0) is 64.8 Å². The molecule has 1 saturated carbocycles. The maximum absolute atomic E-state index is 12.0. The molecule has 2 saturated heterocycles. The molecule has 216 valence electrons. The van der Waals surface area contributed by atoms with Gasteiger partial charge < -0.3 is 30.6 Å². The number of carbonyl (C=O) groups is 2. The number of halogens is 1. The third-order valence-electron chi connectivity index (χ3n) is 8.70. The first kappa shape index (κ1) is 29.8. The van der Waals surface area contributed by atoms with E-state index in [2.05, 4.69) is 42.0 Å². The summed E-state index contributed by atoms with van der Waals surface area (Å²) in [6.45, 7) is 15.8. The number of nitrogen functional groups attached to an aromatic ring is 1. The molecule has 1 spiro atoms. The quantitative estimate of drug-likeness (QED) is 0.230. The Bertz CT molecular complexity index is 1310. The number of amides is 1. The van der Waals surface area contributed by atoms with E-state index in [1.54, 1.807) is 0 Å². The average Bonchev–Trinajstić information content (AvgIpc) is 3.20. The van der Waals surface area contributed by atoms with Gasteiger partial charge in [0.2, 0.25) is 5.91 Å². The minimum atomic E-state index is 0.0143. The second-order valence-corrected chi connectivity index (χ2v) is 11.9. The predicted molar refractivity (Wildman–Crippen MR) is 163 cm³/mol. The van der Waals surface area contributed by atoms with Gasteiger partial charge in [0.05, 0.1) is 11.1 Å². The van der Waals surface area contributed by atoms with Gasteiger partial charge >= 0.3 is 0 Å². The molecule has 1 aliphatic carbocycles. The lowest BCUT2D eigenvalue weighted by molar-refractivity contribution is -0.149. The zero-order valence-corrected chi connectivity index (χ0v) is 25.1. The van der Waals surface area contributed by atoms with Crippen LogP contribution in [0.4, 0.5) is 11.5 Å². The molecule has 1 atom stereocenters. The Hall–Kier alpha value is -3.17. The second kappa shape index (κ2) is 11.7. The summed E-state index contributed by atoms with van der Waals surface area (Å²) in [5, 5.41) is 14.1. The summed E-state index contributed by atoms with van der Waals surface area (Å²) in [4.78, 5) is 27.5. The van der Waals surface area contributed by atoms with Crippen LogP contribution in [0.1, 0.15) is 56.0 Å². The molecule has 10 heteroatoms. The molecule has 1 unspecified atom stereocenters. The molecular weight excluding hydrogens is 526 g/mol. The Labute approximate surface area is 242 Å². The Morgan fingerprint density at radius 3 is 2.50 bits per heavy atom. The van der Waals surface area contributed by atoms with Gasteiger partial charge in [0, 0.05) is 78.5 Å². The first-order valence-electron chi connectivity index (χ1n) is 14.0. The fourth-order valence-corrected chi connectivity index (χ4v) is 6.90. The van der Waals surface area contributed by atoms with E-state index in [-0.39, 0.29) is 17.4 Å². The molecule has 0 radical (unpaired) electrons. The molecule has 40 heavy (non-hydrogen) atoms. The molecule has 0 bridgehead atoms. The summed E-state index contributed by atoms with van der Waals surface area (Å²) in [5.41, 5.74) is 11.5. The number of carbonyl (C=O) groups excluding carboxylic acids is 2. The summed E-state index contributed by atoms with van der Waals surface area (Å²) in [5.74, 6) is 0.950. The van der Waals surface area contributed by atoms with Crippen molar-refractivity contribution in [3.05, 3.63) is 40.6 Å². The Morgan fingerprint density at radius 2 is 1.93 bits per heavy atom.